The quantitative estimate of drug-likeness (QED) is 0.916. The summed E-state index contributed by atoms with van der Waals surface area (Å²) in [6.07, 6.45) is 0.502. The third kappa shape index (κ3) is 3.45. The van der Waals surface area contributed by atoms with Crippen molar-refractivity contribution in [1.82, 2.24) is 9.80 Å². The number of benzene rings is 2. The van der Waals surface area contributed by atoms with E-state index < -0.39 is 5.60 Å². The number of carbonyl (C=O) groups excluding carboxylic acids is 1. The third-order valence-corrected chi connectivity index (χ3v) is 5.23. The number of rotatable bonds is 4. The number of hydrogen-bond acceptors (Lipinski definition) is 4. The first kappa shape index (κ1) is 18.4. The van der Waals surface area contributed by atoms with Crippen molar-refractivity contribution in [2.24, 2.45) is 0 Å². The van der Waals surface area contributed by atoms with Crippen molar-refractivity contribution in [3.63, 3.8) is 0 Å². The van der Waals surface area contributed by atoms with Gasteiger partial charge < -0.3 is 19.6 Å². The summed E-state index contributed by atoms with van der Waals surface area (Å²) in [5, 5.41) is 11.4. The molecule has 1 N–H and O–H groups in total. The number of ether oxygens (including phenoxy) is 1. The normalized spacial score (nSPS) is 23.1. The van der Waals surface area contributed by atoms with Gasteiger partial charge in [0.05, 0.1) is 13.2 Å². The van der Waals surface area contributed by atoms with Gasteiger partial charge in [0.1, 0.15) is 11.4 Å². The van der Waals surface area contributed by atoms with Gasteiger partial charge in [0.2, 0.25) is 0 Å². The number of aliphatic hydroxyl groups is 1. The first-order valence-corrected chi connectivity index (χ1v) is 8.83. The molecule has 1 fully saturated rings. The fourth-order valence-electron chi connectivity index (χ4n) is 3.68. The van der Waals surface area contributed by atoms with Crippen LogP contribution < -0.4 is 4.74 Å². The Balaban J connectivity index is 1.82. The molecule has 2 aromatic carbocycles. The van der Waals surface area contributed by atoms with Gasteiger partial charge in [-0.15, -0.1) is 0 Å². The first-order chi connectivity index (χ1) is 12.5. The van der Waals surface area contributed by atoms with Crippen LogP contribution in [-0.2, 0) is 5.60 Å². The maximum absolute atomic E-state index is 12.9. The summed E-state index contributed by atoms with van der Waals surface area (Å²) in [5.41, 5.74) is 0.560. The molecule has 1 heterocycles. The van der Waals surface area contributed by atoms with E-state index in [4.69, 9.17) is 4.74 Å². The van der Waals surface area contributed by atoms with Gasteiger partial charge in [0.25, 0.3) is 5.91 Å². The summed E-state index contributed by atoms with van der Waals surface area (Å²) >= 11 is 0. The van der Waals surface area contributed by atoms with Crippen molar-refractivity contribution in [3.05, 3.63) is 65.7 Å². The van der Waals surface area contributed by atoms with Gasteiger partial charge in [0.15, 0.2) is 0 Å². The second-order valence-electron chi connectivity index (χ2n) is 7.00. The maximum Gasteiger partial charge on any atom is 0.253 e. The van der Waals surface area contributed by atoms with Gasteiger partial charge in [-0.3, -0.25) is 4.79 Å². The Morgan fingerprint density at radius 3 is 2.38 bits per heavy atom. The summed E-state index contributed by atoms with van der Waals surface area (Å²) in [6.45, 7) is 0.990. The minimum Gasteiger partial charge on any atom is -0.497 e. The van der Waals surface area contributed by atoms with Crippen molar-refractivity contribution in [3.8, 4) is 5.75 Å². The van der Waals surface area contributed by atoms with Crippen LogP contribution in [0, 0.1) is 0 Å². The Labute approximate surface area is 154 Å². The van der Waals surface area contributed by atoms with E-state index in [1.54, 1.807) is 31.4 Å². The van der Waals surface area contributed by atoms with Crippen molar-refractivity contribution in [1.29, 1.82) is 0 Å². The van der Waals surface area contributed by atoms with Crippen LogP contribution in [0.2, 0.25) is 0 Å². The molecular weight excluding hydrogens is 328 g/mol. The highest BCUT2D eigenvalue weighted by molar-refractivity contribution is 5.94. The van der Waals surface area contributed by atoms with Gasteiger partial charge >= 0.3 is 0 Å². The number of likely N-dealkylation sites (N-methyl/N-ethyl adjacent to an activating group) is 1. The second-order valence-corrected chi connectivity index (χ2v) is 7.00. The van der Waals surface area contributed by atoms with Crippen LogP contribution >= 0.6 is 0 Å². The van der Waals surface area contributed by atoms with Crippen LogP contribution in [-0.4, -0.2) is 61.2 Å². The highest BCUT2D eigenvalue weighted by atomic mass is 16.5. The molecule has 0 radical (unpaired) electrons. The number of likely N-dealkylation sites (tertiary alicyclic amines) is 1. The standard InChI is InChI=1S/C21H26N2O3/c1-22(2)19-15-23(20(24)16-9-11-18(26-3)12-10-16)14-13-21(19,25)17-7-5-4-6-8-17/h4-12,19,25H,13-15H2,1-3H3/t19-,21+/m1/s1. The van der Waals surface area contributed by atoms with E-state index in [1.165, 1.54) is 0 Å². The highest BCUT2D eigenvalue weighted by Crippen LogP contribution is 2.35. The molecule has 0 aromatic heterocycles. The molecule has 138 valence electrons. The zero-order valence-corrected chi connectivity index (χ0v) is 15.6. The molecule has 0 saturated carbocycles. The Kier molecular flexibility index (Phi) is 5.30. The smallest absolute Gasteiger partial charge is 0.253 e. The summed E-state index contributed by atoms with van der Waals surface area (Å²) < 4.78 is 5.15. The number of nitrogens with zero attached hydrogens (tertiary/aromatic N) is 2. The summed E-state index contributed by atoms with van der Waals surface area (Å²) in [7, 11) is 5.49. The molecule has 2 aromatic rings. The lowest BCUT2D eigenvalue weighted by Gasteiger charge is -2.47. The molecule has 2 atom stereocenters. The van der Waals surface area contributed by atoms with Crippen LogP contribution in [0.5, 0.6) is 5.75 Å². The van der Waals surface area contributed by atoms with Crippen LogP contribution in [0.25, 0.3) is 0 Å². The van der Waals surface area contributed by atoms with Gasteiger partial charge in [-0.2, -0.15) is 0 Å². The molecule has 0 bridgehead atoms. The maximum atomic E-state index is 12.9. The van der Waals surface area contributed by atoms with Crippen LogP contribution in [0.1, 0.15) is 22.3 Å². The predicted molar refractivity (Wildman–Crippen MR) is 101 cm³/mol. The number of methoxy groups -OCH3 is 1. The number of amides is 1. The van der Waals surface area contributed by atoms with E-state index in [-0.39, 0.29) is 11.9 Å². The van der Waals surface area contributed by atoms with Gasteiger partial charge in [0, 0.05) is 18.7 Å². The lowest BCUT2D eigenvalue weighted by Crippen LogP contribution is -2.60. The fourth-order valence-corrected chi connectivity index (χ4v) is 3.68. The average molecular weight is 354 g/mol. The molecule has 5 nitrogen and oxygen atoms in total. The first-order valence-electron chi connectivity index (χ1n) is 8.83. The van der Waals surface area contributed by atoms with Crippen molar-refractivity contribution >= 4 is 5.91 Å². The lowest BCUT2D eigenvalue weighted by atomic mass is 9.79. The highest BCUT2D eigenvalue weighted by Gasteiger charge is 2.45. The van der Waals surface area contributed by atoms with E-state index in [0.29, 0.717) is 25.1 Å². The van der Waals surface area contributed by atoms with Crippen LogP contribution in [0.3, 0.4) is 0 Å². The van der Waals surface area contributed by atoms with Gasteiger partial charge in [-0.1, -0.05) is 30.3 Å². The van der Waals surface area contributed by atoms with Crippen LogP contribution in [0.15, 0.2) is 54.6 Å². The van der Waals surface area contributed by atoms with E-state index in [0.717, 1.165) is 11.3 Å². The molecule has 1 aliphatic rings. The molecule has 1 saturated heterocycles. The Hall–Kier alpha value is -2.37. The minimum absolute atomic E-state index is 0.0189. The predicted octanol–water partition coefficient (Wildman–Crippen LogP) is 2.36. The van der Waals surface area contributed by atoms with Crippen molar-refractivity contribution in [2.45, 2.75) is 18.1 Å². The average Bonchev–Trinajstić information content (AvgIpc) is 2.68. The molecule has 0 spiro atoms. The van der Waals surface area contributed by atoms with Crippen molar-refractivity contribution < 1.29 is 14.6 Å². The van der Waals surface area contributed by atoms with Crippen LogP contribution in [0.4, 0.5) is 0 Å². The lowest BCUT2D eigenvalue weighted by molar-refractivity contribution is -0.0810. The molecule has 0 aliphatic carbocycles. The number of piperidine rings is 1. The van der Waals surface area contributed by atoms with E-state index >= 15 is 0 Å². The molecular formula is C21H26N2O3. The molecule has 26 heavy (non-hydrogen) atoms. The summed E-state index contributed by atoms with van der Waals surface area (Å²) in [5.74, 6) is 0.708. The molecule has 1 amide bonds. The molecule has 5 heteroatoms. The number of carbonyl (C=O) groups is 1. The Morgan fingerprint density at radius 2 is 1.81 bits per heavy atom. The third-order valence-electron chi connectivity index (χ3n) is 5.23. The second kappa shape index (κ2) is 7.48. The zero-order chi connectivity index (χ0) is 18.7. The van der Waals surface area contributed by atoms with E-state index in [9.17, 15) is 9.90 Å². The zero-order valence-electron chi connectivity index (χ0n) is 15.6. The molecule has 0 unspecified atom stereocenters. The topological polar surface area (TPSA) is 53.0 Å². The molecule has 3 rings (SSSR count). The Bertz CT molecular complexity index is 746. The summed E-state index contributed by atoms with van der Waals surface area (Å²) in [4.78, 5) is 16.7. The monoisotopic (exact) mass is 354 g/mol. The molecule has 1 aliphatic heterocycles. The Morgan fingerprint density at radius 1 is 1.15 bits per heavy atom. The number of hydrogen-bond donors (Lipinski definition) is 1. The van der Waals surface area contributed by atoms with Gasteiger partial charge in [-0.05, 0) is 50.3 Å². The van der Waals surface area contributed by atoms with E-state index in [2.05, 4.69) is 0 Å². The fraction of sp³-hybridized carbons (Fsp3) is 0.381. The van der Waals surface area contributed by atoms with Gasteiger partial charge in [-0.25, -0.2) is 0 Å². The van der Waals surface area contributed by atoms with E-state index in [1.807, 2.05) is 54.2 Å². The minimum atomic E-state index is -0.971. The van der Waals surface area contributed by atoms with Crippen molar-refractivity contribution in [2.75, 3.05) is 34.3 Å². The summed E-state index contributed by atoms with van der Waals surface area (Å²) in [6, 6.07) is 16.7. The largest absolute Gasteiger partial charge is 0.497 e. The SMILES string of the molecule is COc1ccc(C(=O)N2CC[C@](O)(c3ccccc3)[C@H](N(C)C)C2)cc1.